The highest BCUT2D eigenvalue weighted by Gasteiger charge is 2.25. The summed E-state index contributed by atoms with van der Waals surface area (Å²) in [5.74, 6) is -0.0520. The van der Waals surface area contributed by atoms with Crippen LogP contribution in [0, 0.1) is 0 Å². The minimum atomic E-state index is -0.0520. The molecule has 3 nitrogen and oxygen atoms in total. The van der Waals surface area contributed by atoms with Gasteiger partial charge in [-0.2, -0.15) is 0 Å². The maximum atomic E-state index is 12.2. The van der Waals surface area contributed by atoms with E-state index in [0.717, 1.165) is 28.0 Å². The first-order valence-electron chi connectivity index (χ1n) is 6.45. The van der Waals surface area contributed by atoms with Crippen LogP contribution < -0.4 is 5.32 Å². The third-order valence-corrected chi connectivity index (χ3v) is 3.31. The van der Waals surface area contributed by atoms with Gasteiger partial charge in [-0.25, -0.2) is 0 Å². The standard InChI is InChI=1S/C17H14N2O/c1-12-15(10-13-6-5-9-18-11-13)19-17(20)16(12)14-7-3-2-4-8-14/h2-11H,1H3,(H,19,20)/b15-10-. The first kappa shape index (κ1) is 12.4. The van der Waals surface area contributed by atoms with Crippen molar-refractivity contribution in [2.24, 2.45) is 0 Å². The first-order chi connectivity index (χ1) is 9.75. The molecule has 98 valence electrons. The smallest absolute Gasteiger partial charge is 0.256 e. The van der Waals surface area contributed by atoms with E-state index >= 15 is 0 Å². The molecular formula is C17H14N2O. The Bertz CT molecular complexity index is 700. The van der Waals surface area contributed by atoms with Gasteiger partial charge in [0.2, 0.25) is 0 Å². The van der Waals surface area contributed by atoms with Gasteiger partial charge in [0.15, 0.2) is 0 Å². The minimum absolute atomic E-state index is 0.0520. The zero-order valence-electron chi connectivity index (χ0n) is 11.1. The highest BCUT2D eigenvalue weighted by Crippen LogP contribution is 2.29. The molecule has 1 aromatic heterocycles. The number of rotatable bonds is 2. The van der Waals surface area contributed by atoms with Gasteiger partial charge in [-0.3, -0.25) is 9.78 Å². The maximum absolute atomic E-state index is 12.2. The van der Waals surface area contributed by atoms with Crippen molar-refractivity contribution in [2.45, 2.75) is 6.92 Å². The summed E-state index contributed by atoms with van der Waals surface area (Å²) in [7, 11) is 0. The molecule has 0 unspecified atom stereocenters. The van der Waals surface area contributed by atoms with E-state index in [0.29, 0.717) is 0 Å². The molecule has 1 amide bonds. The van der Waals surface area contributed by atoms with E-state index in [2.05, 4.69) is 10.3 Å². The van der Waals surface area contributed by atoms with Crippen LogP contribution in [0.2, 0.25) is 0 Å². The Labute approximate surface area is 117 Å². The molecule has 2 heterocycles. The Hall–Kier alpha value is -2.68. The molecule has 0 fully saturated rings. The van der Waals surface area contributed by atoms with Crippen LogP contribution in [0.3, 0.4) is 0 Å². The predicted molar refractivity (Wildman–Crippen MR) is 79.4 cm³/mol. The summed E-state index contributed by atoms with van der Waals surface area (Å²) >= 11 is 0. The van der Waals surface area contributed by atoms with Crippen molar-refractivity contribution >= 4 is 17.6 Å². The molecule has 3 heteroatoms. The number of allylic oxidation sites excluding steroid dienone is 1. The van der Waals surface area contributed by atoms with Gasteiger partial charge in [0.1, 0.15) is 0 Å². The molecule has 0 spiro atoms. The fourth-order valence-electron chi connectivity index (χ4n) is 2.31. The lowest BCUT2D eigenvalue weighted by Gasteiger charge is -2.00. The van der Waals surface area contributed by atoms with Gasteiger partial charge in [-0.15, -0.1) is 0 Å². The highest BCUT2D eigenvalue weighted by molar-refractivity contribution is 6.25. The molecule has 1 aromatic carbocycles. The van der Waals surface area contributed by atoms with Crippen LogP contribution in [0.5, 0.6) is 0 Å². The second-order valence-corrected chi connectivity index (χ2v) is 4.66. The number of benzene rings is 1. The topological polar surface area (TPSA) is 42.0 Å². The van der Waals surface area contributed by atoms with Gasteiger partial charge in [0.25, 0.3) is 5.91 Å². The Morgan fingerprint density at radius 2 is 1.90 bits per heavy atom. The van der Waals surface area contributed by atoms with E-state index in [1.54, 1.807) is 12.4 Å². The summed E-state index contributed by atoms with van der Waals surface area (Å²) in [5.41, 5.74) is 4.45. The lowest BCUT2D eigenvalue weighted by Crippen LogP contribution is -2.15. The molecule has 1 aliphatic heterocycles. The Balaban J connectivity index is 2.03. The molecule has 0 radical (unpaired) electrons. The van der Waals surface area contributed by atoms with E-state index in [9.17, 15) is 4.79 Å². The summed E-state index contributed by atoms with van der Waals surface area (Å²) in [6.45, 7) is 1.96. The molecule has 2 aromatic rings. The molecule has 0 atom stereocenters. The van der Waals surface area contributed by atoms with Crippen molar-refractivity contribution in [3.63, 3.8) is 0 Å². The molecule has 0 bridgehead atoms. The summed E-state index contributed by atoms with van der Waals surface area (Å²) in [4.78, 5) is 16.2. The van der Waals surface area contributed by atoms with Crippen LogP contribution in [0.15, 0.2) is 66.1 Å². The van der Waals surface area contributed by atoms with Gasteiger partial charge in [0, 0.05) is 18.1 Å². The number of carbonyl (C=O) groups is 1. The molecule has 0 saturated carbocycles. The quantitative estimate of drug-likeness (QED) is 0.904. The summed E-state index contributed by atoms with van der Waals surface area (Å²) in [6, 6.07) is 13.5. The number of nitrogens with one attached hydrogen (secondary N) is 1. The zero-order chi connectivity index (χ0) is 13.9. The van der Waals surface area contributed by atoms with Crippen molar-refractivity contribution in [3.05, 3.63) is 77.3 Å². The minimum Gasteiger partial charge on any atom is -0.322 e. The second kappa shape index (κ2) is 5.13. The number of amides is 1. The van der Waals surface area contributed by atoms with Crippen LogP contribution in [0.25, 0.3) is 11.6 Å². The molecule has 20 heavy (non-hydrogen) atoms. The summed E-state index contributed by atoms with van der Waals surface area (Å²) in [6.07, 6.45) is 5.44. The average molecular weight is 262 g/mol. The largest absolute Gasteiger partial charge is 0.322 e. The van der Waals surface area contributed by atoms with Crippen molar-refractivity contribution in [2.75, 3.05) is 0 Å². The number of hydrogen-bond donors (Lipinski definition) is 1. The van der Waals surface area contributed by atoms with Crippen molar-refractivity contribution in [3.8, 4) is 0 Å². The fraction of sp³-hybridized carbons (Fsp3) is 0.0588. The Morgan fingerprint density at radius 3 is 2.60 bits per heavy atom. The van der Waals surface area contributed by atoms with Gasteiger partial charge in [-0.05, 0) is 35.8 Å². The van der Waals surface area contributed by atoms with Gasteiger partial charge >= 0.3 is 0 Å². The zero-order valence-corrected chi connectivity index (χ0v) is 11.1. The van der Waals surface area contributed by atoms with Crippen molar-refractivity contribution in [1.82, 2.24) is 10.3 Å². The molecule has 1 aliphatic rings. The number of aromatic nitrogens is 1. The molecular weight excluding hydrogens is 248 g/mol. The van der Waals surface area contributed by atoms with Gasteiger partial charge < -0.3 is 5.32 Å². The van der Waals surface area contributed by atoms with Gasteiger partial charge in [0.05, 0.1) is 5.57 Å². The third kappa shape index (κ3) is 2.26. The lowest BCUT2D eigenvalue weighted by molar-refractivity contribution is -0.114. The Kier molecular flexibility index (Phi) is 3.17. The molecule has 1 N–H and O–H groups in total. The monoisotopic (exact) mass is 262 g/mol. The van der Waals surface area contributed by atoms with Crippen molar-refractivity contribution in [1.29, 1.82) is 0 Å². The molecule has 3 rings (SSSR count). The van der Waals surface area contributed by atoms with E-state index < -0.39 is 0 Å². The Morgan fingerprint density at radius 1 is 1.10 bits per heavy atom. The third-order valence-electron chi connectivity index (χ3n) is 3.31. The fourth-order valence-corrected chi connectivity index (χ4v) is 2.31. The summed E-state index contributed by atoms with van der Waals surface area (Å²) < 4.78 is 0. The lowest BCUT2D eigenvalue weighted by atomic mass is 10.0. The van der Waals surface area contributed by atoms with Crippen LogP contribution in [0.1, 0.15) is 18.1 Å². The van der Waals surface area contributed by atoms with E-state index in [-0.39, 0.29) is 5.91 Å². The van der Waals surface area contributed by atoms with Crippen molar-refractivity contribution < 1.29 is 4.79 Å². The maximum Gasteiger partial charge on any atom is 0.256 e. The average Bonchev–Trinajstić information content (AvgIpc) is 2.75. The van der Waals surface area contributed by atoms with E-state index in [1.165, 1.54) is 0 Å². The first-order valence-corrected chi connectivity index (χ1v) is 6.45. The van der Waals surface area contributed by atoms with E-state index in [1.807, 2.05) is 55.5 Å². The van der Waals surface area contributed by atoms with Crippen LogP contribution in [-0.4, -0.2) is 10.9 Å². The predicted octanol–water partition coefficient (Wildman–Crippen LogP) is 3.03. The van der Waals surface area contributed by atoms with Crippen LogP contribution >= 0.6 is 0 Å². The second-order valence-electron chi connectivity index (χ2n) is 4.66. The van der Waals surface area contributed by atoms with E-state index in [4.69, 9.17) is 0 Å². The highest BCUT2D eigenvalue weighted by atomic mass is 16.2. The molecule has 0 saturated heterocycles. The normalized spacial score (nSPS) is 16.6. The number of nitrogens with zero attached hydrogens (tertiary/aromatic N) is 1. The number of carbonyl (C=O) groups excluding carboxylic acids is 1. The van der Waals surface area contributed by atoms with Crippen LogP contribution in [-0.2, 0) is 4.79 Å². The SMILES string of the molecule is CC1=C(c2ccccc2)C(=O)N/C1=C\c1cccnc1. The summed E-state index contributed by atoms with van der Waals surface area (Å²) in [5, 5.41) is 2.92. The number of hydrogen-bond acceptors (Lipinski definition) is 2. The molecule has 0 aliphatic carbocycles. The number of pyridine rings is 1. The van der Waals surface area contributed by atoms with Gasteiger partial charge in [-0.1, -0.05) is 36.4 Å². The van der Waals surface area contributed by atoms with Crippen LogP contribution in [0.4, 0.5) is 0 Å².